The number of nitrogens with zero attached hydrogens (tertiary/aromatic N) is 1. The molecule has 0 saturated carbocycles. The number of nitrogens with one attached hydrogen (secondary N) is 1. The zero-order chi connectivity index (χ0) is 16.8. The summed E-state index contributed by atoms with van der Waals surface area (Å²) in [6, 6.07) is 5.79. The number of benzene rings is 1. The Morgan fingerprint density at radius 1 is 1.17 bits per heavy atom. The number of urea groups is 1. The fraction of sp³-hybridized carbons (Fsp3) is 0.333. The zero-order valence-corrected chi connectivity index (χ0v) is 12.5. The van der Waals surface area contributed by atoms with Gasteiger partial charge in [0.1, 0.15) is 5.75 Å². The van der Waals surface area contributed by atoms with Gasteiger partial charge in [-0.05, 0) is 31.2 Å². The first-order valence-electron chi connectivity index (χ1n) is 6.95. The molecule has 1 N–H and O–H groups in total. The molecule has 0 unspecified atom stereocenters. The van der Waals surface area contributed by atoms with E-state index in [-0.39, 0.29) is 18.9 Å². The van der Waals surface area contributed by atoms with E-state index in [0.717, 1.165) is 4.90 Å². The van der Waals surface area contributed by atoms with E-state index in [4.69, 9.17) is 9.47 Å². The van der Waals surface area contributed by atoms with Crippen molar-refractivity contribution in [3.8, 4) is 5.75 Å². The largest absolute Gasteiger partial charge is 0.482 e. The first-order chi connectivity index (χ1) is 11.0. The number of ether oxygens (including phenoxy) is 2. The number of carbonyl (C=O) groups is 4. The number of ketones is 1. The molecule has 0 aromatic heterocycles. The summed E-state index contributed by atoms with van der Waals surface area (Å²) in [5.74, 6) is -0.981. The number of imide groups is 1. The molecule has 1 fully saturated rings. The third-order valence-electron chi connectivity index (χ3n) is 3.13. The molecular formula is C15H16N2O6. The van der Waals surface area contributed by atoms with Crippen LogP contribution in [0, 0.1) is 0 Å². The van der Waals surface area contributed by atoms with Gasteiger partial charge in [0.15, 0.2) is 19.0 Å². The van der Waals surface area contributed by atoms with Gasteiger partial charge in [0.2, 0.25) is 0 Å². The molecule has 0 atom stereocenters. The molecule has 0 radical (unpaired) electrons. The molecule has 122 valence electrons. The Morgan fingerprint density at radius 3 is 2.43 bits per heavy atom. The number of amides is 3. The van der Waals surface area contributed by atoms with E-state index in [2.05, 4.69) is 5.32 Å². The number of hydrogen-bond acceptors (Lipinski definition) is 6. The van der Waals surface area contributed by atoms with Crippen molar-refractivity contribution in [1.82, 2.24) is 10.2 Å². The van der Waals surface area contributed by atoms with Gasteiger partial charge in [-0.25, -0.2) is 9.59 Å². The van der Waals surface area contributed by atoms with E-state index >= 15 is 0 Å². The smallest absolute Gasteiger partial charge is 0.344 e. The highest BCUT2D eigenvalue weighted by molar-refractivity contribution is 5.97. The van der Waals surface area contributed by atoms with Crippen LogP contribution in [0.1, 0.15) is 17.3 Å². The van der Waals surface area contributed by atoms with Crippen molar-refractivity contribution < 1.29 is 28.7 Å². The Morgan fingerprint density at radius 2 is 1.87 bits per heavy atom. The maximum Gasteiger partial charge on any atom is 0.344 e. The predicted molar refractivity (Wildman–Crippen MR) is 78.0 cm³/mol. The van der Waals surface area contributed by atoms with Crippen molar-refractivity contribution in [2.24, 2.45) is 0 Å². The third-order valence-corrected chi connectivity index (χ3v) is 3.13. The molecule has 8 nitrogen and oxygen atoms in total. The van der Waals surface area contributed by atoms with Crippen LogP contribution in [0.4, 0.5) is 4.79 Å². The molecule has 23 heavy (non-hydrogen) atoms. The molecule has 1 saturated heterocycles. The Kier molecular flexibility index (Phi) is 5.29. The lowest BCUT2D eigenvalue weighted by Crippen LogP contribution is -2.37. The van der Waals surface area contributed by atoms with Gasteiger partial charge in [0.05, 0.1) is 0 Å². The van der Waals surface area contributed by atoms with Crippen molar-refractivity contribution in [3.05, 3.63) is 29.8 Å². The van der Waals surface area contributed by atoms with Crippen LogP contribution in [0.15, 0.2) is 24.3 Å². The summed E-state index contributed by atoms with van der Waals surface area (Å²) >= 11 is 0. The van der Waals surface area contributed by atoms with Crippen LogP contribution < -0.4 is 10.1 Å². The van der Waals surface area contributed by atoms with Crippen molar-refractivity contribution in [3.63, 3.8) is 0 Å². The van der Waals surface area contributed by atoms with Crippen LogP contribution in [0.2, 0.25) is 0 Å². The lowest BCUT2D eigenvalue weighted by Gasteiger charge is -2.12. The molecule has 8 heteroatoms. The van der Waals surface area contributed by atoms with E-state index in [1.165, 1.54) is 6.92 Å². The van der Waals surface area contributed by atoms with Gasteiger partial charge in [0, 0.05) is 18.7 Å². The Labute approximate surface area is 132 Å². The van der Waals surface area contributed by atoms with E-state index < -0.39 is 24.5 Å². The lowest BCUT2D eigenvalue weighted by atomic mass is 10.1. The summed E-state index contributed by atoms with van der Waals surface area (Å²) in [5.41, 5.74) is 0.536. The zero-order valence-electron chi connectivity index (χ0n) is 12.5. The SMILES string of the molecule is CC(=O)c1ccc(OCC(=O)OCC(=O)N2CCNC2=O)cc1. The molecule has 1 aromatic rings. The molecular weight excluding hydrogens is 304 g/mol. The van der Waals surface area contributed by atoms with Crippen LogP contribution in [0.25, 0.3) is 0 Å². The van der Waals surface area contributed by atoms with Gasteiger partial charge in [-0.2, -0.15) is 0 Å². The Bertz CT molecular complexity index is 625. The van der Waals surface area contributed by atoms with Crippen LogP contribution in [0.5, 0.6) is 5.75 Å². The first-order valence-corrected chi connectivity index (χ1v) is 6.95. The molecule has 2 rings (SSSR count). The summed E-state index contributed by atoms with van der Waals surface area (Å²) in [6.45, 7) is 1.20. The van der Waals surface area contributed by atoms with E-state index in [1.807, 2.05) is 0 Å². The van der Waals surface area contributed by atoms with Crippen LogP contribution in [-0.2, 0) is 14.3 Å². The van der Waals surface area contributed by atoms with E-state index in [0.29, 0.717) is 17.9 Å². The van der Waals surface area contributed by atoms with Crippen molar-refractivity contribution in [2.75, 3.05) is 26.3 Å². The van der Waals surface area contributed by atoms with Gasteiger partial charge in [-0.3, -0.25) is 14.5 Å². The highest BCUT2D eigenvalue weighted by Crippen LogP contribution is 2.12. The highest BCUT2D eigenvalue weighted by atomic mass is 16.6. The third kappa shape index (κ3) is 4.53. The number of carbonyl (C=O) groups excluding carboxylic acids is 4. The minimum atomic E-state index is -0.728. The second kappa shape index (κ2) is 7.39. The minimum Gasteiger partial charge on any atom is -0.482 e. The normalized spacial score (nSPS) is 13.4. The van der Waals surface area contributed by atoms with Gasteiger partial charge >= 0.3 is 12.0 Å². The van der Waals surface area contributed by atoms with Gasteiger partial charge < -0.3 is 14.8 Å². The number of hydrogen-bond donors (Lipinski definition) is 1. The number of esters is 1. The summed E-state index contributed by atoms with van der Waals surface area (Å²) in [5, 5.41) is 2.47. The number of rotatable bonds is 6. The Balaban J connectivity index is 1.73. The van der Waals surface area contributed by atoms with Crippen LogP contribution >= 0.6 is 0 Å². The summed E-state index contributed by atoms with van der Waals surface area (Å²) in [6.07, 6.45) is 0. The van der Waals surface area contributed by atoms with Crippen molar-refractivity contribution >= 4 is 23.7 Å². The lowest BCUT2D eigenvalue weighted by molar-refractivity contribution is -0.152. The van der Waals surface area contributed by atoms with Gasteiger partial charge in [-0.15, -0.1) is 0 Å². The topological polar surface area (TPSA) is 102 Å². The van der Waals surface area contributed by atoms with E-state index in [1.54, 1.807) is 24.3 Å². The standard InChI is InChI=1S/C15H16N2O6/c1-10(18)11-2-4-12(5-3-11)22-9-14(20)23-8-13(19)17-7-6-16-15(17)21/h2-5H,6-9H2,1H3,(H,16,21). The van der Waals surface area contributed by atoms with Gasteiger partial charge in [-0.1, -0.05) is 0 Å². The average molecular weight is 320 g/mol. The molecule has 1 aliphatic heterocycles. The number of Topliss-reactive ketones (excluding diaryl/α,β-unsaturated/α-hetero) is 1. The maximum atomic E-state index is 11.7. The Hall–Kier alpha value is -2.90. The fourth-order valence-corrected chi connectivity index (χ4v) is 1.90. The summed E-state index contributed by atoms with van der Waals surface area (Å²) in [4.78, 5) is 46.5. The average Bonchev–Trinajstić information content (AvgIpc) is 2.97. The van der Waals surface area contributed by atoms with Crippen LogP contribution in [-0.4, -0.2) is 54.9 Å². The van der Waals surface area contributed by atoms with Crippen molar-refractivity contribution in [1.29, 1.82) is 0 Å². The molecule has 3 amide bonds. The predicted octanol–water partition coefficient (Wildman–Crippen LogP) is 0.363. The minimum absolute atomic E-state index is 0.0691. The summed E-state index contributed by atoms with van der Waals surface area (Å²) in [7, 11) is 0. The molecule has 0 bridgehead atoms. The van der Waals surface area contributed by atoms with Gasteiger partial charge in [0.25, 0.3) is 5.91 Å². The molecule has 0 aliphatic carbocycles. The monoisotopic (exact) mass is 320 g/mol. The molecule has 1 heterocycles. The summed E-state index contributed by atoms with van der Waals surface area (Å²) < 4.78 is 9.95. The molecule has 0 spiro atoms. The molecule has 1 aliphatic rings. The fourth-order valence-electron chi connectivity index (χ4n) is 1.90. The second-order valence-electron chi connectivity index (χ2n) is 4.81. The first kappa shape index (κ1) is 16.5. The highest BCUT2D eigenvalue weighted by Gasteiger charge is 2.26. The second-order valence-corrected chi connectivity index (χ2v) is 4.81. The van der Waals surface area contributed by atoms with Crippen molar-refractivity contribution in [2.45, 2.75) is 6.92 Å². The maximum absolute atomic E-state index is 11.7. The molecule has 1 aromatic carbocycles. The van der Waals surface area contributed by atoms with Crippen LogP contribution in [0.3, 0.4) is 0 Å². The quantitative estimate of drug-likeness (QED) is 0.600. The van der Waals surface area contributed by atoms with E-state index in [9.17, 15) is 19.2 Å².